The second-order valence-electron chi connectivity index (χ2n) is 5.80. The fourth-order valence-corrected chi connectivity index (χ4v) is 4.13. The Hall–Kier alpha value is -1.41. The molecule has 8 heteroatoms. The first-order valence-electron chi connectivity index (χ1n) is 7.48. The van der Waals surface area contributed by atoms with E-state index in [1.807, 2.05) is 19.9 Å². The van der Waals surface area contributed by atoms with Gasteiger partial charge in [-0.05, 0) is 26.7 Å². The molecule has 1 unspecified atom stereocenters. The molecule has 2 rings (SSSR count). The van der Waals surface area contributed by atoms with E-state index < -0.39 is 21.8 Å². The molecule has 0 aromatic carbocycles. The van der Waals surface area contributed by atoms with Crippen molar-refractivity contribution in [3.63, 3.8) is 0 Å². The average molecular weight is 329 g/mol. The van der Waals surface area contributed by atoms with Crippen LogP contribution in [0.4, 0.5) is 0 Å². The van der Waals surface area contributed by atoms with Gasteiger partial charge in [-0.25, -0.2) is 17.5 Å². The number of aryl methyl sites for hydroxylation is 1. The Morgan fingerprint density at radius 1 is 1.50 bits per heavy atom. The summed E-state index contributed by atoms with van der Waals surface area (Å²) in [5.41, 5.74) is 0.981. The Kier molecular flexibility index (Phi) is 5.23. The summed E-state index contributed by atoms with van der Waals surface area (Å²) in [6, 6.07) is -0.408. The molecule has 0 fully saturated rings. The van der Waals surface area contributed by atoms with Crippen LogP contribution in [0.15, 0.2) is 21.0 Å². The molecule has 0 radical (unpaired) electrons. The first-order valence-corrected chi connectivity index (χ1v) is 9.09. The lowest BCUT2D eigenvalue weighted by molar-refractivity contribution is 0.357. The van der Waals surface area contributed by atoms with E-state index in [1.54, 1.807) is 7.05 Å². The van der Waals surface area contributed by atoms with E-state index in [9.17, 15) is 13.2 Å². The first-order chi connectivity index (χ1) is 10.3. The molecular formula is C14H23N3O4S. The van der Waals surface area contributed by atoms with Gasteiger partial charge in [0.2, 0.25) is 10.0 Å². The average Bonchev–Trinajstić information content (AvgIpc) is 2.70. The van der Waals surface area contributed by atoms with E-state index in [-0.39, 0.29) is 5.75 Å². The van der Waals surface area contributed by atoms with Gasteiger partial charge in [0.1, 0.15) is 0 Å². The highest BCUT2D eigenvalue weighted by Crippen LogP contribution is 2.23. The van der Waals surface area contributed by atoms with E-state index in [1.165, 1.54) is 8.87 Å². The van der Waals surface area contributed by atoms with Crippen LogP contribution in [0.2, 0.25) is 0 Å². The number of hydrogen-bond acceptors (Lipinski definition) is 5. The lowest BCUT2D eigenvalue weighted by Crippen LogP contribution is -2.36. The summed E-state index contributed by atoms with van der Waals surface area (Å²) in [6.07, 6.45) is 4.94. The second kappa shape index (κ2) is 6.78. The highest BCUT2D eigenvalue weighted by atomic mass is 32.2. The lowest BCUT2D eigenvalue weighted by Gasteiger charge is -2.22. The maximum atomic E-state index is 12.5. The number of hydrogen-bond donors (Lipinski definition) is 0. The molecule has 124 valence electrons. The van der Waals surface area contributed by atoms with Crippen LogP contribution in [0.1, 0.15) is 45.0 Å². The van der Waals surface area contributed by atoms with Crippen LogP contribution in [0, 0.1) is 0 Å². The monoisotopic (exact) mass is 329 g/mol. The Balaban J connectivity index is 2.22. The summed E-state index contributed by atoms with van der Waals surface area (Å²) in [5, 5.41) is 3.76. The number of fused-ring (bicyclic) bond motifs is 1. The van der Waals surface area contributed by atoms with E-state index in [2.05, 4.69) is 5.16 Å². The largest absolute Gasteiger partial charge is 0.441 e. The fraction of sp³-hybridized carbons (Fsp3) is 0.714. The van der Waals surface area contributed by atoms with Crippen LogP contribution in [0.5, 0.6) is 0 Å². The minimum atomic E-state index is -3.46. The van der Waals surface area contributed by atoms with Gasteiger partial charge in [-0.3, -0.25) is 9.09 Å². The highest BCUT2D eigenvalue weighted by molar-refractivity contribution is 7.89. The van der Waals surface area contributed by atoms with Gasteiger partial charge in [0.25, 0.3) is 0 Å². The molecule has 1 aromatic rings. The molecule has 0 amide bonds. The molecule has 0 saturated carbocycles. The van der Waals surface area contributed by atoms with Crippen molar-refractivity contribution in [3.8, 4) is 0 Å². The number of allylic oxidation sites excluding steroid dienone is 1. The molecule has 0 saturated heterocycles. The predicted molar refractivity (Wildman–Crippen MR) is 83.2 cm³/mol. The van der Waals surface area contributed by atoms with Gasteiger partial charge in [-0.1, -0.05) is 23.2 Å². The van der Waals surface area contributed by atoms with Crippen molar-refractivity contribution >= 4 is 10.0 Å². The standard InChI is InChI=1S/C14H23N3O4S/c1-4-11(2)9-16(3)22(19,20)10-12-7-5-6-8-13-15-21-14(18)17(12)13/h4,12H,5-10H2,1-3H3/b11-4+. The molecular weight excluding hydrogens is 306 g/mol. The minimum Gasteiger partial charge on any atom is -0.296 e. The smallest absolute Gasteiger partial charge is 0.296 e. The Bertz CT molecular complexity index is 702. The molecule has 0 spiro atoms. The third-order valence-electron chi connectivity index (χ3n) is 4.10. The van der Waals surface area contributed by atoms with Crippen molar-refractivity contribution in [2.75, 3.05) is 19.3 Å². The van der Waals surface area contributed by atoms with Crippen LogP contribution in [-0.2, 0) is 16.4 Å². The topological polar surface area (TPSA) is 85.4 Å². The van der Waals surface area contributed by atoms with Crippen LogP contribution >= 0.6 is 0 Å². The van der Waals surface area contributed by atoms with Gasteiger partial charge < -0.3 is 0 Å². The lowest BCUT2D eigenvalue weighted by atomic mass is 10.1. The van der Waals surface area contributed by atoms with E-state index in [0.29, 0.717) is 25.2 Å². The van der Waals surface area contributed by atoms with Gasteiger partial charge in [0.15, 0.2) is 5.82 Å². The SMILES string of the molecule is C/C=C(\C)CN(C)S(=O)(=O)CC1CCCCc2noc(=O)n21. The van der Waals surface area contributed by atoms with Gasteiger partial charge in [0.05, 0.1) is 11.8 Å². The summed E-state index contributed by atoms with van der Waals surface area (Å²) in [6.45, 7) is 4.13. The van der Waals surface area contributed by atoms with Crippen molar-refractivity contribution in [1.82, 2.24) is 14.0 Å². The predicted octanol–water partition coefficient (Wildman–Crippen LogP) is 1.33. The third kappa shape index (κ3) is 3.67. The zero-order valence-electron chi connectivity index (χ0n) is 13.3. The zero-order valence-corrected chi connectivity index (χ0v) is 14.1. The van der Waals surface area contributed by atoms with Crippen molar-refractivity contribution < 1.29 is 12.9 Å². The van der Waals surface area contributed by atoms with Crippen molar-refractivity contribution in [1.29, 1.82) is 0 Å². The Labute approximate surface area is 130 Å². The zero-order chi connectivity index (χ0) is 16.3. The molecule has 1 aliphatic rings. The van der Waals surface area contributed by atoms with E-state index in [4.69, 9.17) is 4.52 Å². The number of aromatic nitrogens is 2. The molecule has 1 aliphatic heterocycles. The summed E-state index contributed by atoms with van der Waals surface area (Å²) in [7, 11) is -1.89. The number of sulfonamides is 1. The second-order valence-corrected chi connectivity index (χ2v) is 7.92. The normalized spacial score (nSPS) is 20.0. The van der Waals surface area contributed by atoms with Gasteiger partial charge in [0, 0.05) is 20.0 Å². The molecule has 0 N–H and O–H groups in total. The quantitative estimate of drug-likeness (QED) is 0.761. The van der Waals surface area contributed by atoms with Crippen molar-refractivity contribution in [3.05, 3.63) is 28.0 Å². The van der Waals surface area contributed by atoms with Crippen molar-refractivity contribution in [2.45, 2.75) is 45.6 Å². The van der Waals surface area contributed by atoms with E-state index in [0.717, 1.165) is 18.4 Å². The molecule has 1 aromatic heterocycles. The molecule has 0 bridgehead atoms. The molecule has 0 aliphatic carbocycles. The summed E-state index contributed by atoms with van der Waals surface area (Å²) < 4.78 is 32.5. The maximum Gasteiger partial charge on any atom is 0.441 e. The van der Waals surface area contributed by atoms with Gasteiger partial charge in [-0.2, -0.15) is 0 Å². The molecule has 1 atom stereocenters. The third-order valence-corrected chi connectivity index (χ3v) is 5.98. The highest BCUT2D eigenvalue weighted by Gasteiger charge is 2.29. The van der Waals surface area contributed by atoms with Crippen molar-refractivity contribution in [2.24, 2.45) is 0 Å². The number of likely N-dealkylation sites (N-methyl/N-ethyl adjacent to an activating group) is 1. The van der Waals surface area contributed by atoms with E-state index >= 15 is 0 Å². The van der Waals surface area contributed by atoms with Crippen LogP contribution in [0.25, 0.3) is 0 Å². The summed E-state index contributed by atoms with van der Waals surface area (Å²) in [4.78, 5) is 11.8. The fourth-order valence-electron chi connectivity index (χ4n) is 2.67. The minimum absolute atomic E-state index is 0.103. The summed E-state index contributed by atoms with van der Waals surface area (Å²) in [5.74, 6) is -0.117. The number of nitrogens with zero attached hydrogens (tertiary/aromatic N) is 3. The number of rotatable bonds is 5. The summed E-state index contributed by atoms with van der Waals surface area (Å²) >= 11 is 0. The molecule has 22 heavy (non-hydrogen) atoms. The Morgan fingerprint density at radius 3 is 2.91 bits per heavy atom. The van der Waals surface area contributed by atoms with Gasteiger partial charge in [-0.15, -0.1) is 0 Å². The Morgan fingerprint density at radius 2 is 2.23 bits per heavy atom. The van der Waals surface area contributed by atoms with Crippen LogP contribution in [0.3, 0.4) is 0 Å². The van der Waals surface area contributed by atoms with Crippen LogP contribution < -0.4 is 5.76 Å². The van der Waals surface area contributed by atoms with Crippen LogP contribution in [-0.4, -0.2) is 41.8 Å². The van der Waals surface area contributed by atoms with Gasteiger partial charge >= 0.3 is 5.76 Å². The first kappa shape index (κ1) is 17.0. The molecule has 7 nitrogen and oxygen atoms in total. The molecule has 2 heterocycles. The maximum absolute atomic E-state index is 12.5.